The van der Waals surface area contributed by atoms with Crippen LogP contribution in [0.5, 0.6) is 5.75 Å². The van der Waals surface area contributed by atoms with Crippen molar-refractivity contribution in [3.05, 3.63) is 58.3 Å². The molecule has 6 nitrogen and oxygen atoms in total. The fourth-order valence-corrected chi connectivity index (χ4v) is 1.72. The highest BCUT2D eigenvalue weighted by Gasteiger charge is 2.06. The van der Waals surface area contributed by atoms with E-state index in [-0.39, 0.29) is 5.69 Å². The van der Waals surface area contributed by atoms with E-state index < -0.39 is 4.92 Å². The van der Waals surface area contributed by atoms with Crippen LogP contribution in [0, 0.1) is 10.1 Å². The monoisotopic (exact) mass is 273 g/mol. The maximum atomic E-state index is 10.6. The van der Waals surface area contributed by atoms with Crippen LogP contribution >= 0.6 is 0 Å². The Morgan fingerprint density at radius 2 is 2.05 bits per heavy atom. The van der Waals surface area contributed by atoms with Crippen molar-refractivity contribution in [3.63, 3.8) is 0 Å². The first-order valence-electron chi connectivity index (χ1n) is 6.25. The average molecular weight is 273 g/mol. The second-order valence-corrected chi connectivity index (χ2v) is 4.06. The lowest BCUT2D eigenvalue weighted by Crippen LogP contribution is -2.04. The smallest absolute Gasteiger partial charge is 0.269 e. The average Bonchev–Trinajstić information content (AvgIpc) is 2.47. The van der Waals surface area contributed by atoms with Gasteiger partial charge >= 0.3 is 0 Å². The topological polar surface area (TPSA) is 77.3 Å². The van der Waals surface area contributed by atoms with Gasteiger partial charge in [0, 0.05) is 24.9 Å². The molecule has 0 aliphatic carbocycles. The molecule has 0 aliphatic rings. The van der Waals surface area contributed by atoms with Gasteiger partial charge in [0.1, 0.15) is 0 Å². The summed E-state index contributed by atoms with van der Waals surface area (Å²) in [6, 6.07) is 10.1. The molecule has 1 aromatic heterocycles. The molecule has 2 aromatic rings. The second kappa shape index (κ2) is 6.51. The molecule has 6 heteroatoms. The number of ether oxygens (including phenoxy) is 1. The van der Waals surface area contributed by atoms with Crippen LogP contribution < -0.4 is 10.1 Å². The Hall–Kier alpha value is -2.63. The Bertz CT molecular complexity index is 584. The van der Waals surface area contributed by atoms with Crippen LogP contribution in [-0.4, -0.2) is 16.5 Å². The van der Waals surface area contributed by atoms with Crippen molar-refractivity contribution in [1.82, 2.24) is 4.98 Å². The van der Waals surface area contributed by atoms with Crippen molar-refractivity contribution in [1.29, 1.82) is 0 Å². The van der Waals surface area contributed by atoms with Gasteiger partial charge < -0.3 is 10.1 Å². The van der Waals surface area contributed by atoms with Gasteiger partial charge in [-0.25, -0.2) is 4.98 Å². The summed E-state index contributed by atoms with van der Waals surface area (Å²) in [6.45, 7) is 3.00. The number of benzene rings is 1. The standard InChI is InChI=1S/C14H15N3O3/c1-2-20-13-4-3-9-15-14(13)16-10-11-5-7-12(8-6-11)17(18)19/h3-9H,2,10H2,1H3,(H,15,16). The Labute approximate surface area is 116 Å². The normalized spacial score (nSPS) is 10.1. The lowest BCUT2D eigenvalue weighted by molar-refractivity contribution is -0.384. The number of non-ortho nitro benzene ring substituents is 1. The van der Waals surface area contributed by atoms with Crippen molar-refractivity contribution in [2.45, 2.75) is 13.5 Å². The number of nitrogens with one attached hydrogen (secondary N) is 1. The molecule has 0 spiro atoms. The number of aromatic nitrogens is 1. The Balaban J connectivity index is 2.03. The fourth-order valence-electron chi connectivity index (χ4n) is 1.72. The van der Waals surface area contributed by atoms with E-state index in [0.717, 1.165) is 5.56 Å². The summed E-state index contributed by atoms with van der Waals surface area (Å²) in [5, 5.41) is 13.7. The minimum atomic E-state index is -0.414. The van der Waals surface area contributed by atoms with Crippen LogP contribution in [0.15, 0.2) is 42.6 Å². The van der Waals surface area contributed by atoms with Crippen LogP contribution in [-0.2, 0) is 6.54 Å². The van der Waals surface area contributed by atoms with Crippen LogP contribution in [0.25, 0.3) is 0 Å². The predicted molar refractivity (Wildman–Crippen MR) is 75.8 cm³/mol. The maximum Gasteiger partial charge on any atom is 0.269 e. The summed E-state index contributed by atoms with van der Waals surface area (Å²) in [7, 11) is 0. The van der Waals surface area contributed by atoms with E-state index in [4.69, 9.17) is 4.74 Å². The number of hydrogen-bond acceptors (Lipinski definition) is 5. The molecule has 0 aliphatic heterocycles. The molecule has 104 valence electrons. The first kappa shape index (κ1) is 13.8. The van der Waals surface area contributed by atoms with E-state index in [1.807, 2.05) is 19.1 Å². The van der Waals surface area contributed by atoms with E-state index >= 15 is 0 Å². The van der Waals surface area contributed by atoms with Crippen molar-refractivity contribution in [2.24, 2.45) is 0 Å². The third-order valence-electron chi connectivity index (χ3n) is 2.68. The van der Waals surface area contributed by atoms with E-state index in [1.165, 1.54) is 12.1 Å². The summed E-state index contributed by atoms with van der Waals surface area (Å²) >= 11 is 0. The zero-order valence-electron chi connectivity index (χ0n) is 11.1. The molecule has 0 saturated carbocycles. The Kier molecular flexibility index (Phi) is 4.49. The van der Waals surface area contributed by atoms with Crippen molar-refractivity contribution >= 4 is 11.5 Å². The van der Waals surface area contributed by atoms with Gasteiger partial charge in [-0.05, 0) is 24.6 Å². The zero-order chi connectivity index (χ0) is 14.4. The highest BCUT2D eigenvalue weighted by atomic mass is 16.6. The lowest BCUT2D eigenvalue weighted by atomic mass is 10.2. The van der Waals surface area contributed by atoms with E-state index in [9.17, 15) is 10.1 Å². The van der Waals surface area contributed by atoms with Crippen LogP contribution in [0.1, 0.15) is 12.5 Å². The number of pyridine rings is 1. The van der Waals surface area contributed by atoms with Crippen LogP contribution in [0.3, 0.4) is 0 Å². The molecule has 0 atom stereocenters. The van der Waals surface area contributed by atoms with Gasteiger partial charge in [-0.2, -0.15) is 0 Å². The molecule has 0 bridgehead atoms. The first-order valence-corrected chi connectivity index (χ1v) is 6.25. The molecule has 0 saturated heterocycles. The van der Waals surface area contributed by atoms with Crippen molar-refractivity contribution in [2.75, 3.05) is 11.9 Å². The summed E-state index contributed by atoms with van der Waals surface area (Å²) in [5.74, 6) is 1.35. The van der Waals surface area contributed by atoms with Crippen LogP contribution in [0.2, 0.25) is 0 Å². The summed E-state index contributed by atoms with van der Waals surface area (Å²) in [5.41, 5.74) is 1.02. The second-order valence-electron chi connectivity index (χ2n) is 4.06. The highest BCUT2D eigenvalue weighted by molar-refractivity contribution is 5.50. The number of hydrogen-bond donors (Lipinski definition) is 1. The highest BCUT2D eigenvalue weighted by Crippen LogP contribution is 2.21. The molecule has 20 heavy (non-hydrogen) atoms. The quantitative estimate of drug-likeness (QED) is 0.646. The third kappa shape index (κ3) is 3.44. The Morgan fingerprint density at radius 3 is 2.70 bits per heavy atom. The SMILES string of the molecule is CCOc1cccnc1NCc1ccc([N+](=O)[O-])cc1. The molecule has 2 rings (SSSR count). The molecule has 1 N–H and O–H groups in total. The van der Waals surface area contributed by atoms with Gasteiger partial charge in [0.25, 0.3) is 5.69 Å². The van der Waals surface area contributed by atoms with Crippen molar-refractivity contribution in [3.8, 4) is 5.75 Å². The number of anilines is 1. The molecular formula is C14H15N3O3. The lowest BCUT2D eigenvalue weighted by Gasteiger charge is -2.10. The molecule has 0 fully saturated rings. The van der Waals surface area contributed by atoms with E-state index in [1.54, 1.807) is 18.3 Å². The van der Waals surface area contributed by atoms with Gasteiger partial charge in [-0.15, -0.1) is 0 Å². The van der Waals surface area contributed by atoms with Gasteiger partial charge in [0.2, 0.25) is 0 Å². The molecule has 0 radical (unpaired) electrons. The van der Waals surface area contributed by atoms with Crippen LogP contribution in [0.4, 0.5) is 11.5 Å². The van der Waals surface area contributed by atoms with Gasteiger partial charge in [0.05, 0.1) is 11.5 Å². The first-order chi connectivity index (χ1) is 9.70. The van der Waals surface area contributed by atoms with E-state index in [0.29, 0.717) is 24.7 Å². The molecule has 0 unspecified atom stereocenters. The maximum absolute atomic E-state index is 10.6. The number of nitro groups is 1. The minimum Gasteiger partial charge on any atom is -0.490 e. The third-order valence-corrected chi connectivity index (χ3v) is 2.68. The van der Waals surface area contributed by atoms with Gasteiger partial charge in [0.15, 0.2) is 11.6 Å². The summed E-state index contributed by atoms with van der Waals surface area (Å²) < 4.78 is 5.46. The largest absolute Gasteiger partial charge is 0.490 e. The zero-order valence-corrected chi connectivity index (χ0v) is 11.1. The number of nitro benzene ring substituents is 1. The Morgan fingerprint density at radius 1 is 1.30 bits per heavy atom. The number of rotatable bonds is 6. The van der Waals surface area contributed by atoms with E-state index in [2.05, 4.69) is 10.3 Å². The predicted octanol–water partition coefficient (Wildman–Crippen LogP) is 3.00. The molecule has 1 heterocycles. The fraction of sp³-hybridized carbons (Fsp3) is 0.214. The number of nitrogens with zero attached hydrogens (tertiary/aromatic N) is 2. The molecule has 1 aromatic carbocycles. The van der Waals surface area contributed by atoms with Gasteiger partial charge in [-0.3, -0.25) is 10.1 Å². The minimum absolute atomic E-state index is 0.0848. The summed E-state index contributed by atoms with van der Waals surface area (Å²) in [6.07, 6.45) is 1.68. The van der Waals surface area contributed by atoms with Gasteiger partial charge in [-0.1, -0.05) is 12.1 Å². The summed E-state index contributed by atoms with van der Waals surface area (Å²) in [4.78, 5) is 14.4. The molecule has 0 amide bonds. The van der Waals surface area contributed by atoms with Crippen molar-refractivity contribution < 1.29 is 9.66 Å². The molecular weight excluding hydrogens is 258 g/mol.